The molecule has 0 saturated carbocycles. The maximum absolute atomic E-state index is 13.2. The summed E-state index contributed by atoms with van der Waals surface area (Å²) in [5.41, 5.74) is 5.94. The summed E-state index contributed by atoms with van der Waals surface area (Å²) >= 11 is 0. The van der Waals surface area contributed by atoms with Crippen molar-refractivity contribution in [1.29, 1.82) is 0 Å². The summed E-state index contributed by atoms with van der Waals surface area (Å²) in [6.45, 7) is 3.40. The Hall–Kier alpha value is -4.19. The van der Waals surface area contributed by atoms with Crippen molar-refractivity contribution in [2.24, 2.45) is 0 Å². The molecule has 1 aliphatic heterocycles. The third-order valence-corrected chi connectivity index (χ3v) is 6.97. The molecule has 4 aromatic rings. The monoisotopic (exact) mass is 506 g/mol. The van der Waals surface area contributed by atoms with Gasteiger partial charge < -0.3 is 15.4 Å². The van der Waals surface area contributed by atoms with E-state index in [-0.39, 0.29) is 11.9 Å². The number of anilines is 1. The number of rotatable bonds is 11. The maximum atomic E-state index is 13.2. The average Bonchev–Trinajstić information content (AvgIpc) is 3.47. The van der Waals surface area contributed by atoms with Gasteiger partial charge >= 0.3 is 0 Å². The van der Waals surface area contributed by atoms with E-state index < -0.39 is 0 Å². The molecule has 2 aromatic carbocycles. The number of pyridine rings is 2. The molecule has 6 nitrogen and oxygen atoms in total. The molecule has 0 aliphatic carbocycles. The fourth-order valence-electron chi connectivity index (χ4n) is 4.93. The molecule has 0 fully saturated rings. The van der Waals surface area contributed by atoms with Gasteiger partial charge in [0.15, 0.2) is 0 Å². The van der Waals surface area contributed by atoms with Gasteiger partial charge in [0, 0.05) is 48.2 Å². The van der Waals surface area contributed by atoms with Gasteiger partial charge in [-0.15, -0.1) is 0 Å². The lowest BCUT2D eigenvalue weighted by molar-refractivity contribution is 0.0934. The van der Waals surface area contributed by atoms with E-state index in [1.54, 1.807) is 12.4 Å². The van der Waals surface area contributed by atoms with Crippen molar-refractivity contribution in [3.8, 4) is 16.9 Å². The number of amides is 1. The molecular formula is C32H34N4O2. The molecule has 1 atom stereocenters. The minimum absolute atomic E-state index is 0.00253. The van der Waals surface area contributed by atoms with Gasteiger partial charge in [-0.3, -0.25) is 9.78 Å². The lowest BCUT2D eigenvalue weighted by atomic mass is 9.99. The van der Waals surface area contributed by atoms with E-state index in [1.807, 2.05) is 60.8 Å². The van der Waals surface area contributed by atoms with Gasteiger partial charge in [0.2, 0.25) is 0 Å². The molecule has 1 amide bonds. The molecule has 0 bridgehead atoms. The third kappa shape index (κ3) is 6.02. The van der Waals surface area contributed by atoms with Crippen LogP contribution in [0.25, 0.3) is 11.1 Å². The number of aromatic nitrogens is 2. The Balaban J connectivity index is 1.28. The first kappa shape index (κ1) is 25.5. The summed E-state index contributed by atoms with van der Waals surface area (Å²) in [6, 6.07) is 22.0. The van der Waals surface area contributed by atoms with Crippen LogP contribution in [0.5, 0.6) is 5.75 Å². The van der Waals surface area contributed by atoms with E-state index in [0.717, 1.165) is 71.5 Å². The summed E-state index contributed by atoms with van der Waals surface area (Å²) in [5.74, 6) is 1.66. The minimum Gasteiger partial charge on any atom is -0.492 e. The van der Waals surface area contributed by atoms with E-state index >= 15 is 0 Å². The Labute approximate surface area is 224 Å². The predicted octanol–water partition coefficient (Wildman–Crippen LogP) is 6.74. The molecule has 0 saturated heterocycles. The molecule has 2 N–H and O–H groups in total. The molecule has 1 unspecified atom stereocenters. The zero-order valence-electron chi connectivity index (χ0n) is 21.8. The van der Waals surface area contributed by atoms with Crippen LogP contribution in [0.3, 0.4) is 0 Å². The van der Waals surface area contributed by atoms with Crippen LogP contribution in [-0.4, -0.2) is 22.5 Å². The Morgan fingerprint density at radius 1 is 1.03 bits per heavy atom. The maximum Gasteiger partial charge on any atom is 0.251 e. The zero-order valence-corrected chi connectivity index (χ0v) is 21.8. The van der Waals surface area contributed by atoms with Gasteiger partial charge in [0.25, 0.3) is 5.91 Å². The highest BCUT2D eigenvalue weighted by molar-refractivity contribution is 5.94. The van der Waals surface area contributed by atoms with Crippen LogP contribution in [0.15, 0.2) is 85.3 Å². The second kappa shape index (κ2) is 12.4. The number of hydrogen-bond donors (Lipinski definition) is 2. The molecule has 0 spiro atoms. The number of unbranched alkanes of at least 4 members (excludes halogenated alkanes) is 2. The Morgan fingerprint density at radius 3 is 2.68 bits per heavy atom. The Kier molecular flexibility index (Phi) is 8.29. The molecular weight excluding hydrogens is 472 g/mol. The first-order chi connectivity index (χ1) is 18.7. The van der Waals surface area contributed by atoms with E-state index in [2.05, 4.69) is 34.7 Å². The minimum atomic E-state index is -0.0497. The predicted molar refractivity (Wildman–Crippen MR) is 151 cm³/mol. The summed E-state index contributed by atoms with van der Waals surface area (Å²) in [4.78, 5) is 22.1. The molecule has 5 rings (SSSR count). The number of nitrogens with one attached hydrogen (secondary N) is 2. The summed E-state index contributed by atoms with van der Waals surface area (Å²) in [5, 5.41) is 6.74. The molecule has 6 heteroatoms. The topological polar surface area (TPSA) is 76.1 Å². The highest BCUT2D eigenvalue weighted by atomic mass is 16.5. The lowest BCUT2D eigenvalue weighted by Gasteiger charge is -2.19. The lowest BCUT2D eigenvalue weighted by Crippen LogP contribution is -2.28. The molecule has 3 heterocycles. The van der Waals surface area contributed by atoms with Gasteiger partial charge in [-0.25, -0.2) is 4.98 Å². The van der Waals surface area contributed by atoms with Crippen LogP contribution in [0.2, 0.25) is 0 Å². The summed E-state index contributed by atoms with van der Waals surface area (Å²) in [7, 11) is 0. The summed E-state index contributed by atoms with van der Waals surface area (Å²) in [6.07, 6.45) is 10.5. The van der Waals surface area contributed by atoms with Crippen LogP contribution >= 0.6 is 0 Å². The fourth-order valence-corrected chi connectivity index (χ4v) is 4.93. The highest BCUT2D eigenvalue weighted by Crippen LogP contribution is 2.39. The number of carbonyl (C=O) groups excluding carboxylic acids is 1. The van der Waals surface area contributed by atoms with Crippen molar-refractivity contribution >= 4 is 11.7 Å². The second-order valence-electron chi connectivity index (χ2n) is 9.65. The average molecular weight is 507 g/mol. The Morgan fingerprint density at radius 2 is 1.87 bits per heavy atom. The number of nitrogens with zero attached hydrogens (tertiary/aromatic N) is 2. The number of hydrogen-bond acceptors (Lipinski definition) is 5. The van der Waals surface area contributed by atoms with Gasteiger partial charge in [0.05, 0.1) is 12.6 Å². The van der Waals surface area contributed by atoms with E-state index in [1.165, 1.54) is 0 Å². The first-order valence-electron chi connectivity index (χ1n) is 13.5. The standard InChI is InChI=1S/C32H34N4O2/c1-2-3-5-13-29(25-10-6-4-7-11-25)36-32(37)26-12-8-9-23(20-26)21-34-31-27-16-19-38-30(27)28(22-35-31)24-14-17-33-18-15-24/h4,6-12,14-15,17-18,20,22,29H,2-3,5,13,16,19,21H2,1H3,(H,34,35)(H,36,37). The number of fused-ring (bicyclic) bond motifs is 1. The third-order valence-electron chi connectivity index (χ3n) is 6.97. The fraction of sp³-hybridized carbons (Fsp3) is 0.281. The van der Waals surface area contributed by atoms with Crippen LogP contribution in [0.1, 0.15) is 65.7 Å². The highest BCUT2D eigenvalue weighted by Gasteiger charge is 2.22. The Bertz CT molecular complexity index is 1360. The summed E-state index contributed by atoms with van der Waals surface area (Å²) < 4.78 is 5.98. The van der Waals surface area contributed by atoms with Gasteiger partial charge in [0.1, 0.15) is 11.6 Å². The van der Waals surface area contributed by atoms with Crippen molar-refractivity contribution in [2.45, 2.75) is 51.6 Å². The molecule has 1 aliphatic rings. The van der Waals surface area contributed by atoms with Crippen molar-refractivity contribution in [3.63, 3.8) is 0 Å². The molecule has 38 heavy (non-hydrogen) atoms. The van der Waals surface area contributed by atoms with Crippen molar-refractivity contribution < 1.29 is 9.53 Å². The van der Waals surface area contributed by atoms with Gasteiger partial charge in [-0.2, -0.15) is 0 Å². The van der Waals surface area contributed by atoms with Crippen molar-refractivity contribution in [3.05, 3.63) is 108 Å². The quantitative estimate of drug-likeness (QED) is 0.220. The van der Waals surface area contributed by atoms with E-state index in [9.17, 15) is 4.79 Å². The van der Waals surface area contributed by atoms with Crippen LogP contribution in [0.4, 0.5) is 5.82 Å². The van der Waals surface area contributed by atoms with E-state index in [4.69, 9.17) is 9.72 Å². The van der Waals surface area contributed by atoms with Crippen LogP contribution in [0, 0.1) is 0 Å². The number of benzene rings is 2. The van der Waals surface area contributed by atoms with Gasteiger partial charge in [-0.1, -0.05) is 68.7 Å². The van der Waals surface area contributed by atoms with Crippen LogP contribution < -0.4 is 15.4 Å². The van der Waals surface area contributed by atoms with Crippen molar-refractivity contribution in [2.75, 3.05) is 11.9 Å². The second-order valence-corrected chi connectivity index (χ2v) is 9.65. The number of ether oxygens (including phenoxy) is 1. The number of carbonyl (C=O) groups is 1. The largest absolute Gasteiger partial charge is 0.492 e. The normalized spacial score (nSPS) is 12.9. The zero-order chi connectivity index (χ0) is 26.2. The SMILES string of the molecule is CCCCCC(NC(=O)c1cccc(CNc2ncc(-c3ccncc3)c3c2CCO3)c1)c1ccccc1. The molecule has 2 aromatic heterocycles. The first-order valence-corrected chi connectivity index (χ1v) is 13.5. The molecule has 0 radical (unpaired) electrons. The smallest absolute Gasteiger partial charge is 0.251 e. The van der Waals surface area contributed by atoms with E-state index in [0.29, 0.717) is 18.7 Å². The van der Waals surface area contributed by atoms with Crippen LogP contribution in [-0.2, 0) is 13.0 Å². The van der Waals surface area contributed by atoms with Crippen molar-refractivity contribution in [1.82, 2.24) is 15.3 Å². The molecule has 194 valence electrons. The van der Waals surface area contributed by atoms with Gasteiger partial charge in [-0.05, 0) is 47.4 Å².